The molecular formula is C29H29OS+. The average molecular weight is 426 g/mol. The Balaban J connectivity index is 1.59. The van der Waals surface area contributed by atoms with Crippen molar-refractivity contribution in [3.8, 4) is 11.5 Å². The molecule has 0 aliphatic carbocycles. The SMILES string of the molecule is Cc1ccc([S+](c2ccccc2)c2ccc(Oc3ccc(C(C)(C)C)cc3)cc2)cc1. The summed E-state index contributed by atoms with van der Waals surface area (Å²) in [5, 5.41) is 0. The lowest BCUT2D eigenvalue weighted by molar-refractivity contribution is 0.481. The van der Waals surface area contributed by atoms with Crippen molar-refractivity contribution >= 4 is 10.9 Å². The Kier molecular flexibility index (Phi) is 6.20. The third kappa shape index (κ3) is 5.21. The smallest absolute Gasteiger partial charge is 0.166 e. The molecular weight excluding hydrogens is 396 g/mol. The van der Waals surface area contributed by atoms with E-state index < -0.39 is 0 Å². The first kappa shape index (κ1) is 21.3. The van der Waals surface area contributed by atoms with Gasteiger partial charge in [-0.2, -0.15) is 0 Å². The van der Waals surface area contributed by atoms with Gasteiger partial charge in [-0.15, -0.1) is 0 Å². The van der Waals surface area contributed by atoms with Gasteiger partial charge in [-0.1, -0.05) is 68.8 Å². The molecule has 0 heterocycles. The average Bonchev–Trinajstić information content (AvgIpc) is 2.77. The van der Waals surface area contributed by atoms with Gasteiger partial charge in [0, 0.05) is 0 Å². The lowest BCUT2D eigenvalue weighted by atomic mass is 9.87. The molecule has 0 saturated carbocycles. The highest BCUT2D eigenvalue weighted by Crippen LogP contribution is 2.33. The van der Waals surface area contributed by atoms with Gasteiger partial charge in [0.25, 0.3) is 0 Å². The maximum absolute atomic E-state index is 6.11. The van der Waals surface area contributed by atoms with E-state index in [-0.39, 0.29) is 16.3 Å². The highest BCUT2D eigenvalue weighted by Gasteiger charge is 2.28. The predicted molar refractivity (Wildman–Crippen MR) is 131 cm³/mol. The first-order chi connectivity index (χ1) is 14.9. The molecule has 0 aromatic heterocycles. The number of benzene rings is 4. The van der Waals surface area contributed by atoms with Crippen LogP contribution in [-0.2, 0) is 16.3 Å². The standard InChI is InChI=1S/C29H29OS/c1-22-10-18-27(19-11-22)31(26-8-6-5-7-9-26)28-20-16-25(17-21-28)30-24-14-12-23(13-15-24)29(2,3)4/h5-21H,1-4H3/q+1. The fraction of sp³-hybridized carbons (Fsp3) is 0.172. The fourth-order valence-electron chi connectivity index (χ4n) is 3.44. The Labute approximate surface area is 189 Å². The highest BCUT2D eigenvalue weighted by atomic mass is 32.2. The number of ether oxygens (including phenoxy) is 1. The second-order valence-electron chi connectivity index (χ2n) is 8.78. The van der Waals surface area contributed by atoms with Crippen LogP contribution < -0.4 is 4.74 Å². The molecule has 31 heavy (non-hydrogen) atoms. The summed E-state index contributed by atoms with van der Waals surface area (Å²) in [5.74, 6) is 1.72. The Bertz CT molecular complexity index is 1110. The van der Waals surface area contributed by atoms with Crippen LogP contribution >= 0.6 is 0 Å². The molecule has 0 radical (unpaired) electrons. The van der Waals surface area contributed by atoms with Gasteiger partial charge in [0.05, 0.1) is 10.9 Å². The number of rotatable bonds is 5. The number of hydrogen-bond acceptors (Lipinski definition) is 1. The van der Waals surface area contributed by atoms with Gasteiger partial charge in [-0.05, 0) is 78.6 Å². The largest absolute Gasteiger partial charge is 0.457 e. The number of hydrogen-bond donors (Lipinski definition) is 0. The molecule has 0 saturated heterocycles. The van der Waals surface area contributed by atoms with Gasteiger partial charge >= 0.3 is 0 Å². The van der Waals surface area contributed by atoms with Crippen molar-refractivity contribution in [3.63, 3.8) is 0 Å². The normalized spacial score (nSPS) is 12.4. The van der Waals surface area contributed by atoms with Crippen LogP contribution in [0, 0.1) is 6.92 Å². The van der Waals surface area contributed by atoms with Gasteiger partial charge in [-0.25, -0.2) is 0 Å². The molecule has 0 amide bonds. The van der Waals surface area contributed by atoms with Crippen LogP contribution in [0.3, 0.4) is 0 Å². The van der Waals surface area contributed by atoms with Crippen molar-refractivity contribution in [2.75, 3.05) is 0 Å². The summed E-state index contributed by atoms with van der Waals surface area (Å²) in [7, 11) is -0.146. The van der Waals surface area contributed by atoms with Crippen molar-refractivity contribution in [2.45, 2.75) is 47.8 Å². The van der Waals surface area contributed by atoms with E-state index in [2.05, 4.69) is 131 Å². The summed E-state index contributed by atoms with van der Waals surface area (Å²) in [4.78, 5) is 3.92. The minimum absolute atomic E-state index is 0.142. The van der Waals surface area contributed by atoms with Crippen molar-refractivity contribution < 1.29 is 4.74 Å². The monoisotopic (exact) mass is 425 g/mol. The van der Waals surface area contributed by atoms with Crippen molar-refractivity contribution in [1.82, 2.24) is 0 Å². The van der Waals surface area contributed by atoms with E-state index in [0.717, 1.165) is 11.5 Å². The lowest BCUT2D eigenvalue weighted by Gasteiger charge is -2.19. The molecule has 0 spiro atoms. The first-order valence-corrected chi connectivity index (χ1v) is 11.9. The lowest BCUT2D eigenvalue weighted by Crippen LogP contribution is -2.10. The molecule has 0 bridgehead atoms. The van der Waals surface area contributed by atoms with Crippen molar-refractivity contribution in [3.05, 3.63) is 114 Å². The quantitative estimate of drug-likeness (QED) is 0.293. The molecule has 4 aromatic rings. The molecule has 0 fully saturated rings. The zero-order valence-electron chi connectivity index (χ0n) is 18.6. The van der Waals surface area contributed by atoms with Crippen LogP contribution in [-0.4, -0.2) is 0 Å². The molecule has 0 aliphatic rings. The van der Waals surface area contributed by atoms with E-state index in [0.29, 0.717) is 0 Å². The molecule has 156 valence electrons. The molecule has 0 N–H and O–H groups in total. The minimum atomic E-state index is -0.146. The van der Waals surface area contributed by atoms with E-state index in [1.807, 2.05) is 0 Å². The van der Waals surface area contributed by atoms with E-state index >= 15 is 0 Å². The maximum Gasteiger partial charge on any atom is 0.166 e. The molecule has 4 aromatic carbocycles. The van der Waals surface area contributed by atoms with E-state index in [9.17, 15) is 0 Å². The maximum atomic E-state index is 6.11. The molecule has 0 aliphatic heterocycles. The van der Waals surface area contributed by atoms with Gasteiger partial charge in [0.15, 0.2) is 14.7 Å². The van der Waals surface area contributed by atoms with Gasteiger partial charge < -0.3 is 4.74 Å². The Morgan fingerprint density at radius 1 is 0.548 bits per heavy atom. The summed E-state index contributed by atoms with van der Waals surface area (Å²) in [6.07, 6.45) is 0. The molecule has 1 atom stereocenters. The summed E-state index contributed by atoms with van der Waals surface area (Å²) in [6, 6.07) is 36.5. The van der Waals surface area contributed by atoms with Crippen LogP contribution in [0.1, 0.15) is 31.9 Å². The zero-order chi connectivity index (χ0) is 21.8. The van der Waals surface area contributed by atoms with Crippen molar-refractivity contribution in [1.29, 1.82) is 0 Å². The van der Waals surface area contributed by atoms with Gasteiger partial charge in [0.2, 0.25) is 0 Å². The molecule has 2 heteroatoms. The Hall–Kier alpha value is -2.97. The Morgan fingerprint density at radius 3 is 1.52 bits per heavy atom. The minimum Gasteiger partial charge on any atom is -0.457 e. The van der Waals surface area contributed by atoms with Crippen LogP contribution in [0.15, 0.2) is 118 Å². The third-order valence-corrected chi connectivity index (χ3v) is 7.48. The van der Waals surface area contributed by atoms with Gasteiger partial charge in [-0.3, -0.25) is 0 Å². The second-order valence-corrected chi connectivity index (χ2v) is 10.8. The summed E-state index contributed by atoms with van der Waals surface area (Å²) in [5.41, 5.74) is 2.73. The van der Waals surface area contributed by atoms with Gasteiger partial charge in [0.1, 0.15) is 11.5 Å². The predicted octanol–water partition coefficient (Wildman–Crippen LogP) is 8.18. The van der Waals surface area contributed by atoms with E-state index in [1.54, 1.807) is 0 Å². The summed E-state index contributed by atoms with van der Waals surface area (Å²) < 4.78 is 6.11. The highest BCUT2D eigenvalue weighted by molar-refractivity contribution is 7.97. The molecule has 4 rings (SSSR count). The van der Waals surface area contributed by atoms with E-state index in [1.165, 1.54) is 25.8 Å². The Morgan fingerprint density at radius 2 is 1.00 bits per heavy atom. The van der Waals surface area contributed by atoms with Crippen LogP contribution in [0.5, 0.6) is 11.5 Å². The van der Waals surface area contributed by atoms with Crippen LogP contribution in [0.25, 0.3) is 0 Å². The zero-order valence-corrected chi connectivity index (χ0v) is 19.4. The summed E-state index contributed by atoms with van der Waals surface area (Å²) >= 11 is 0. The molecule has 1 nitrogen and oxygen atoms in total. The van der Waals surface area contributed by atoms with E-state index in [4.69, 9.17) is 4.74 Å². The molecule has 1 unspecified atom stereocenters. The number of aryl methyl sites for hydroxylation is 1. The topological polar surface area (TPSA) is 9.23 Å². The third-order valence-electron chi connectivity index (χ3n) is 5.25. The van der Waals surface area contributed by atoms with Crippen LogP contribution in [0.2, 0.25) is 0 Å². The van der Waals surface area contributed by atoms with Crippen LogP contribution in [0.4, 0.5) is 0 Å². The first-order valence-electron chi connectivity index (χ1n) is 10.6. The van der Waals surface area contributed by atoms with Crippen molar-refractivity contribution in [2.24, 2.45) is 0 Å². The summed E-state index contributed by atoms with van der Waals surface area (Å²) in [6.45, 7) is 8.79. The second kappa shape index (κ2) is 9.03. The fourth-order valence-corrected chi connectivity index (χ4v) is 5.50.